The van der Waals surface area contributed by atoms with Gasteiger partial charge in [0.1, 0.15) is 5.82 Å². The highest BCUT2D eigenvalue weighted by atomic mass is 16.2. The molecule has 0 radical (unpaired) electrons. The Labute approximate surface area is 177 Å². The summed E-state index contributed by atoms with van der Waals surface area (Å²) in [6.45, 7) is 3.96. The number of carbonyl (C=O) groups is 1. The topological polar surface area (TPSA) is 57.5 Å². The Hall–Kier alpha value is -3.19. The van der Waals surface area contributed by atoms with Crippen LogP contribution in [-0.2, 0) is 17.8 Å². The van der Waals surface area contributed by atoms with Gasteiger partial charge in [-0.3, -0.25) is 4.79 Å². The monoisotopic (exact) mass is 404 g/mol. The summed E-state index contributed by atoms with van der Waals surface area (Å²) >= 11 is 0. The van der Waals surface area contributed by atoms with Gasteiger partial charge < -0.3 is 14.7 Å². The van der Waals surface area contributed by atoms with E-state index < -0.39 is 0 Å². The van der Waals surface area contributed by atoms with Crippen molar-refractivity contribution in [1.29, 1.82) is 0 Å². The first-order chi connectivity index (χ1) is 14.6. The fourth-order valence-corrected chi connectivity index (χ4v) is 3.72. The molecule has 0 N–H and O–H groups in total. The van der Waals surface area contributed by atoms with E-state index in [0.29, 0.717) is 6.42 Å². The van der Waals surface area contributed by atoms with Crippen LogP contribution < -0.4 is 4.90 Å². The van der Waals surface area contributed by atoms with Crippen molar-refractivity contribution in [2.45, 2.75) is 13.0 Å². The molecule has 0 saturated carbocycles. The van der Waals surface area contributed by atoms with Crippen molar-refractivity contribution in [3.05, 3.63) is 72.2 Å². The third kappa shape index (κ3) is 4.86. The van der Waals surface area contributed by atoms with E-state index >= 15 is 0 Å². The van der Waals surface area contributed by atoms with Gasteiger partial charge in [-0.15, -0.1) is 0 Å². The maximum atomic E-state index is 12.7. The number of benzene rings is 1. The van der Waals surface area contributed by atoms with Crippen molar-refractivity contribution in [1.82, 2.24) is 24.6 Å². The second-order valence-corrected chi connectivity index (χ2v) is 7.92. The van der Waals surface area contributed by atoms with E-state index in [0.717, 1.165) is 49.8 Å². The van der Waals surface area contributed by atoms with Crippen LogP contribution in [0.5, 0.6) is 0 Å². The van der Waals surface area contributed by atoms with E-state index in [2.05, 4.69) is 46.1 Å². The predicted octanol–water partition coefficient (Wildman–Crippen LogP) is 2.22. The minimum absolute atomic E-state index is 0.177. The van der Waals surface area contributed by atoms with Gasteiger partial charge >= 0.3 is 0 Å². The van der Waals surface area contributed by atoms with E-state index in [1.165, 1.54) is 5.56 Å². The number of hydrogen-bond donors (Lipinski definition) is 0. The van der Waals surface area contributed by atoms with Crippen LogP contribution in [0.4, 0.5) is 5.82 Å². The number of amides is 1. The molecule has 1 aliphatic heterocycles. The third-order valence-corrected chi connectivity index (χ3v) is 5.32. The van der Waals surface area contributed by atoms with E-state index in [-0.39, 0.29) is 5.91 Å². The lowest BCUT2D eigenvalue weighted by atomic mass is 10.1. The van der Waals surface area contributed by atoms with Crippen molar-refractivity contribution in [3.63, 3.8) is 0 Å². The lowest BCUT2D eigenvalue weighted by Crippen LogP contribution is -2.49. The number of hydrogen-bond acceptors (Lipinski definition) is 5. The molecule has 0 aliphatic carbocycles. The number of rotatable bonds is 6. The number of nitrogens with zero attached hydrogens (tertiary/aromatic N) is 6. The highest BCUT2D eigenvalue weighted by Crippen LogP contribution is 2.16. The van der Waals surface area contributed by atoms with Gasteiger partial charge in [0.05, 0.1) is 12.1 Å². The van der Waals surface area contributed by atoms with Crippen LogP contribution >= 0.6 is 0 Å². The maximum Gasteiger partial charge on any atom is 0.227 e. The zero-order valence-corrected chi connectivity index (χ0v) is 17.6. The SMILES string of the molecule is CN(C)Cc1ccc(N2CCN(C(=O)Cc3ccc(-n4cccn4)cc3)CC2)nc1. The van der Waals surface area contributed by atoms with Gasteiger partial charge in [-0.1, -0.05) is 18.2 Å². The van der Waals surface area contributed by atoms with Crippen LogP contribution in [0.15, 0.2) is 61.1 Å². The smallest absolute Gasteiger partial charge is 0.227 e. The first kappa shape index (κ1) is 20.1. The molecule has 1 amide bonds. The minimum atomic E-state index is 0.177. The summed E-state index contributed by atoms with van der Waals surface area (Å²) < 4.78 is 1.81. The molecule has 3 heterocycles. The highest BCUT2D eigenvalue weighted by Gasteiger charge is 2.22. The lowest BCUT2D eigenvalue weighted by Gasteiger charge is -2.35. The summed E-state index contributed by atoms with van der Waals surface area (Å²) in [7, 11) is 4.11. The molecule has 0 spiro atoms. The van der Waals surface area contributed by atoms with Crippen molar-refractivity contribution in [2.24, 2.45) is 0 Å². The molecule has 30 heavy (non-hydrogen) atoms. The van der Waals surface area contributed by atoms with Crippen LogP contribution in [0.3, 0.4) is 0 Å². The number of aromatic nitrogens is 3. The van der Waals surface area contributed by atoms with E-state index in [4.69, 9.17) is 0 Å². The van der Waals surface area contributed by atoms with E-state index in [1.54, 1.807) is 6.20 Å². The third-order valence-electron chi connectivity index (χ3n) is 5.32. The van der Waals surface area contributed by atoms with E-state index in [1.807, 2.05) is 52.3 Å². The lowest BCUT2D eigenvalue weighted by molar-refractivity contribution is -0.130. The molecule has 7 heteroatoms. The van der Waals surface area contributed by atoms with Crippen LogP contribution in [0.1, 0.15) is 11.1 Å². The molecule has 1 fully saturated rings. The Kier molecular flexibility index (Phi) is 6.09. The summed E-state index contributed by atoms with van der Waals surface area (Å²) in [4.78, 5) is 23.7. The van der Waals surface area contributed by atoms with Crippen molar-refractivity contribution in [2.75, 3.05) is 45.2 Å². The number of carbonyl (C=O) groups excluding carboxylic acids is 1. The first-order valence-corrected chi connectivity index (χ1v) is 10.3. The maximum absolute atomic E-state index is 12.7. The molecular formula is C23H28N6O. The van der Waals surface area contributed by atoms with Gasteiger partial charge in [0.25, 0.3) is 0 Å². The van der Waals surface area contributed by atoms with Crippen LogP contribution in [0.25, 0.3) is 5.69 Å². The Bertz CT molecular complexity index is 942. The molecule has 2 aromatic heterocycles. The predicted molar refractivity (Wildman–Crippen MR) is 118 cm³/mol. The van der Waals surface area contributed by atoms with Crippen LogP contribution in [0.2, 0.25) is 0 Å². The second kappa shape index (κ2) is 9.09. The summed E-state index contributed by atoms with van der Waals surface area (Å²) in [5.41, 5.74) is 3.22. The van der Waals surface area contributed by atoms with E-state index in [9.17, 15) is 4.79 Å². The Morgan fingerprint density at radius 3 is 2.33 bits per heavy atom. The molecule has 0 atom stereocenters. The average molecular weight is 405 g/mol. The van der Waals surface area contributed by atoms with Crippen LogP contribution in [-0.4, -0.2) is 70.7 Å². The summed E-state index contributed by atoms with van der Waals surface area (Å²) in [6.07, 6.45) is 6.03. The van der Waals surface area contributed by atoms with Gasteiger partial charge in [-0.05, 0) is 49.5 Å². The van der Waals surface area contributed by atoms with Crippen molar-refractivity contribution >= 4 is 11.7 Å². The van der Waals surface area contributed by atoms with Crippen LogP contribution in [0, 0.1) is 0 Å². The number of anilines is 1. The Balaban J connectivity index is 1.29. The van der Waals surface area contributed by atoms with Gasteiger partial charge in [-0.25, -0.2) is 9.67 Å². The summed E-state index contributed by atoms with van der Waals surface area (Å²) in [6, 6.07) is 14.1. The average Bonchev–Trinajstić information content (AvgIpc) is 3.29. The first-order valence-electron chi connectivity index (χ1n) is 10.3. The van der Waals surface area contributed by atoms with Gasteiger partial charge in [0.2, 0.25) is 5.91 Å². The molecule has 1 aliphatic rings. The molecule has 156 valence electrons. The van der Waals surface area contributed by atoms with Gasteiger partial charge in [0.15, 0.2) is 0 Å². The van der Waals surface area contributed by atoms with Crippen molar-refractivity contribution < 1.29 is 4.79 Å². The zero-order chi connectivity index (χ0) is 20.9. The largest absolute Gasteiger partial charge is 0.353 e. The molecule has 0 unspecified atom stereocenters. The summed E-state index contributed by atoms with van der Waals surface area (Å²) in [5, 5.41) is 4.23. The molecule has 0 bridgehead atoms. The molecule has 1 aromatic carbocycles. The molecule has 3 aromatic rings. The van der Waals surface area contributed by atoms with Gasteiger partial charge in [-0.2, -0.15) is 5.10 Å². The Morgan fingerprint density at radius 1 is 1.00 bits per heavy atom. The highest BCUT2D eigenvalue weighted by molar-refractivity contribution is 5.79. The quantitative estimate of drug-likeness (QED) is 0.631. The molecule has 4 rings (SSSR count). The fourth-order valence-electron chi connectivity index (χ4n) is 3.72. The number of piperazine rings is 1. The summed E-state index contributed by atoms with van der Waals surface area (Å²) in [5.74, 6) is 1.16. The van der Waals surface area contributed by atoms with Crippen molar-refractivity contribution in [3.8, 4) is 5.69 Å². The fraction of sp³-hybridized carbons (Fsp3) is 0.348. The second-order valence-electron chi connectivity index (χ2n) is 7.92. The standard InChI is InChI=1S/C23H28N6O/c1-26(2)18-20-6-9-22(24-17-20)27-12-14-28(15-13-27)23(30)16-19-4-7-21(8-5-19)29-11-3-10-25-29/h3-11,17H,12-16,18H2,1-2H3. The molecular weight excluding hydrogens is 376 g/mol. The molecule has 1 saturated heterocycles. The Morgan fingerprint density at radius 2 is 1.73 bits per heavy atom. The number of pyridine rings is 1. The zero-order valence-electron chi connectivity index (χ0n) is 17.6. The normalized spacial score (nSPS) is 14.4. The molecule has 7 nitrogen and oxygen atoms in total. The van der Waals surface area contributed by atoms with Gasteiger partial charge in [0, 0.05) is 51.3 Å². The minimum Gasteiger partial charge on any atom is -0.353 e.